The molecule has 0 aliphatic carbocycles. The molecule has 26 heavy (non-hydrogen) atoms. The second-order valence-electron chi connectivity index (χ2n) is 6.67. The van der Waals surface area contributed by atoms with Gasteiger partial charge in [-0.25, -0.2) is 0 Å². The van der Waals surface area contributed by atoms with E-state index in [2.05, 4.69) is 17.1 Å². The Morgan fingerprint density at radius 2 is 2.15 bits per heavy atom. The highest BCUT2D eigenvalue weighted by Crippen LogP contribution is 2.28. The Kier molecular flexibility index (Phi) is 8.18. The van der Waals surface area contributed by atoms with Crippen LogP contribution >= 0.6 is 11.8 Å². The smallest absolute Gasteiger partial charge is 0.311 e. The largest absolute Gasteiger partial charge is 0.490 e. The minimum absolute atomic E-state index is 0.00582. The molecule has 0 radical (unpaired) electrons. The molecule has 1 aromatic carbocycles. The van der Waals surface area contributed by atoms with Gasteiger partial charge in [-0.15, -0.1) is 11.8 Å². The van der Waals surface area contributed by atoms with Crippen molar-refractivity contribution in [2.24, 2.45) is 5.92 Å². The SMILES string of the molecule is COc1ccc(CSCC(=O)NCC(C)CN2CCCC2)cc1[N+](=O)[O-]. The van der Waals surface area contributed by atoms with E-state index in [1.54, 1.807) is 12.1 Å². The number of likely N-dealkylation sites (tertiary alicyclic amines) is 1. The van der Waals surface area contributed by atoms with Crippen molar-refractivity contribution in [3.63, 3.8) is 0 Å². The zero-order valence-corrected chi connectivity index (χ0v) is 16.2. The summed E-state index contributed by atoms with van der Waals surface area (Å²) in [6.45, 7) is 6.21. The first-order valence-electron chi connectivity index (χ1n) is 8.87. The summed E-state index contributed by atoms with van der Waals surface area (Å²) in [7, 11) is 1.41. The number of methoxy groups -OCH3 is 1. The van der Waals surface area contributed by atoms with E-state index in [1.807, 2.05) is 0 Å². The lowest BCUT2D eigenvalue weighted by Crippen LogP contribution is -2.35. The molecule has 144 valence electrons. The molecule has 1 aliphatic rings. The van der Waals surface area contributed by atoms with Crippen LogP contribution in [0.2, 0.25) is 0 Å². The quantitative estimate of drug-likeness (QED) is 0.495. The van der Waals surface area contributed by atoms with E-state index in [0.717, 1.165) is 12.1 Å². The van der Waals surface area contributed by atoms with Gasteiger partial charge in [-0.05, 0) is 43.5 Å². The maximum atomic E-state index is 12.0. The summed E-state index contributed by atoms with van der Waals surface area (Å²) in [6, 6.07) is 4.88. The summed E-state index contributed by atoms with van der Waals surface area (Å²) in [4.78, 5) is 25.0. The molecule has 1 fully saturated rings. The molecular weight excluding hydrogens is 354 g/mol. The van der Waals surface area contributed by atoms with Crippen molar-refractivity contribution in [3.8, 4) is 5.75 Å². The molecule has 1 saturated heterocycles. The average molecular weight is 381 g/mol. The molecule has 7 nitrogen and oxygen atoms in total. The van der Waals surface area contributed by atoms with Crippen LogP contribution in [0.15, 0.2) is 18.2 Å². The Morgan fingerprint density at radius 3 is 2.81 bits per heavy atom. The van der Waals surface area contributed by atoms with E-state index in [1.165, 1.54) is 50.9 Å². The predicted octanol–water partition coefficient (Wildman–Crippen LogP) is 2.68. The Bertz CT molecular complexity index is 620. The van der Waals surface area contributed by atoms with Crippen molar-refractivity contribution in [3.05, 3.63) is 33.9 Å². The Labute approximate surface area is 158 Å². The third-order valence-corrected chi connectivity index (χ3v) is 5.36. The fourth-order valence-corrected chi connectivity index (χ4v) is 3.84. The van der Waals surface area contributed by atoms with Crippen LogP contribution in [0, 0.1) is 16.0 Å². The van der Waals surface area contributed by atoms with Crippen LogP contribution in [0.3, 0.4) is 0 Å². The van der Waals surface area contributed by atoms with Crippen LogP contribution < -0.4 is 10.1 Å². The van der Waals surface area contributed by atoms with E-state index in [0.29, 0.717) is 24.0 Å². The number of ether oxygens (including phenoxy) is 1. The van der Waals surface area contributed by atoms with Crippen LogP contribution in [-0.4, -0.2) is 54.8 Å². The zero-order valence-electron chi connectivity index (χ0n) is 15.4. The maximum absolute atomic E-state index is 12.0. The number of nitrogens with one attached hydrogen (secondary N) is 1. The molecule has 1 N–H and O–H groups in total. The van der Waals surface area contributed by atoms with Gasteiger partial charge in [-0.1, -0.05) is 13.0 Å². The summed E-state index contributed by atoms with van der Waals surface area (Å²) in [5.41, 5.74) is 0.753. The number of hydrogen-bond acceptors (Lipinski definition) is 6. The van der Waals surface area contributed by atoms with Gasteiger partial charge in [0.15, 0.2) is 5.75 Å². The normalized spacial score (nSPS) is 15.6. The molecule has 1 unspecified atom stereocenters. The number of benzene rings is 1. The molecule has 0 spiro atoms. The number of carbonyl (C=O) groups excluding carboxylic acids is 1. The molecule has 0 bridgehead atoms. The molecule has 1 atom stereocenters. The number of carbonyl (C=O) groups is 1. The van der Waals surface area contributed by atoms with E-state index >= 15 is 0 Å². The van der Waals surface area contributed by atoms with Crippen molar-refractivity contribution in [2.45, 2.75) is 25.5 Å². The van der Waals surface area contributed by atoms with Crippen molar-refractivity contribution in [1.29, 1.82) is 0 Å². The lowest BCUT2D eigenvalue weighted by molar-refractivity contribution is -0.385. The summed E-state index contributed by atoms with van der Waals surface area (Å²) >= 11 is 1.45. The number of nitrogens with zero attached hydrogens (tertiary/aromatic N) is 2. The first kappa shape index (κ1) is 20.5. The van der Waals surface area contributed by atoms with Gasteiger partial charge in [0.2, 0.25) is 5.91 Å². The lowest BCUT2D eigenvalue weighted by Gasteiger charge is -2.20. The first-order valence-corrected chi connectivity index (χ1v) is 10.0. The van der Waals surface area contributed by atoms with Crippen molar-refractivity contribution in [2.75, 3.05) is 39.0 Å². The highest BCUT2D eigenvalue weighted by Gasteiger charge is 2.16. The Morgan fingerprint density at radius 1 is 1.42 bits per heavy atom. The van der Waals surface area contributed by atoms with Gasteiger partial charge >= 0.3 is 5.69 Å². The van der Waals surface area contributed by atoms with Crippen molar-refractivity contribution < 1.29 is 14.5 Å². The molecular formula is C18H27N3O4S. The number of hydrogen-bond donors (Lipinski definition) is 1. The maximum Gasteiger partial charge on any atom is 0.311 e. The van der Waals surface area contributed by atoms with Gasteiger partial charge in [0, 0.05) is 24.9 Å². The Balaban J connectivity index is 1.69. The van der Waals surface area contributed by atoms with Gasteiger partial charge in [0.05, 0.1) is 17.8 Å². The van der Waals surface area contributed by atoms with Crippen LogP contribution in [0.5, 0.6) is 5.75 Å². The fourth-order valence-electron chi connectivity index (χ4n) is 3.04. The molecule has 8 heteroatoms. The highest BCUT2D eigenvalue weighted by molar-refractivity contribution is 7.99. The molecule has 1 heterocycles. The number of nitro benzene ring substituents is 1. The third kappa shape index (κ3) is 6.49. The van der Waals surface area contributed by atoms with Crippen LogP contribution in [0.25, 0.3) is 0 Å². The molecule has 0 aromatic heterocycles. The zero-order chi connectivity index (χ0) is 18.9. The third-order valence-electron chi connectivity index (χ3n) is 4.36. The summed E-state index contributed by atoms with van der Waals surface area (Å²) in [6.07, 6.45) is 2.55. The molecule has 2 rings (SSSR count). The minimum Gasteiger partial charge on any atom is -0.490 e. The molecule has 1 aromatic rings. The fraction of sp³-hybridized carbons (Fsp3) is 0.611. The standard InChI is InChI=1S/C18H27N3O4S/c1-14(11-20-7-3-4-8-20)10-19-18(22)13-26-12-15-5-6-17(25-2)16(9-15)21(23)24/h5-6,9,14H,3-4,7-8,10-13H2,1-2H3,(H,19,22). The van der Waals surface area contributed by atoms with Crippen molar-refractivity contribution in [1.82, 2.24) is 10.2 Å². The van der Waals surface area contributed by atoms with E-state index in [9.17, 15) is 14.9 Å². The van der Waals surface area contributed by atoms with Gasteiger partial charge in [0.1, 0.15) is 0 Å². The molecule has 1 aliphatic heterocycles. The van der Waals surface area contributed by atoms with Gasteiger partial charge < -0.3 is 15.0 Å². The average Bonchev–Trinajstić information content (AvgIpc) is 3.12. The first-order chi connectivity index (χ1) is 12.5. The van der Waals surface area contributed by atoms with Crippen LogP contribution in [-0.2, 0) is 10.5 Å². The monoisotopic (exact) mass is 381 g/mol. The topological polar surface area (TPSA) is 84.7 Å². The summed E-state index contributed by atoms with van der Waals surface area (Å²) in [5, 5.41) is 14.0. The number of thioether (sulfide) groups is 1. The van der Waals surface area contributed by atoms with Crippen molar-refractivity contribution >= 4 is 23.4 Å². The van der Waals surface area contributed by atoms with Crippen LogP contribution in [0.1, 0.15) is 25.3 Å². The summed E-state index contributed by atoms with van der Waals surface area (Å²) in [5.74, 6) is 1.57. The number of rotatable bonds is 10. The van der Waals surface area contributed by atoms with Gasteiger partial charge in [-0.2, -0.15) is 0 Å². The second kappa shape index (κ2) is 10.4. The Hall–Kier alpha value is -1.80. The summed E-state index contributed by atoms with van der Waals surface area (Å²) < 4.78 is 4.99. The molecule has 0 saturated carbocycles. The van der Waals surface area contributed by atoms with E-state index in [4.69, 9.17) is 4.74 Å². The van der Waals surface area contributed by atoms with E-state index in [-0.39, 0.29) is 17.3 Å². The number of amides is 1. The van der Waals surface area contributed by atoms with Crippen LogP contribution in [0.4, 0.5) is 5.69 Å². The number of nitro groups is 1. The second-order valence-corrected chi connectivity index (χ2v) is 7.66. The van der Waals surface area contributed by atoms with Gasteiger partial charge in [-0.3, -0.25) is 14.9 Å². The minimum atomic E-state index is -0.457. The molecule has 1 amide bonds. The van der Waals surface area contributed by atoms with E-state index < -0.39 is 4.92 Å². The van der Waals surface area contributed by atoms with Gasteiger partial charge in [0.25, 0.3) is 0 Å². The predicted molar refractivity (Wildman–Crippen MR) is 104 cm³/mol. The highest BCUT2D eigenvalue weighted by atomic mass is 32.2. The lowest BCUT2D eigenvalue weighted by atomic mass is 10.1.